The summed E-state index contributed by atoms with van der Waals surface area (Å²) < 4.78 is 26.4. The van der Waals surface area contributed by atoms with Gasteiger partial charge in [-0.1, -0.05) is 65.1 Å². The lowest BCUT2D eigenvalue weighted by Gasteiger charge is -2.20. The number of benzene rings is 2. The van der Waals surface area contributed by atoms with E-state index in [0.717, 1.165) is 9.87 Å². The Bertz CT molecular complexity index is 755. The van der Waals surface area contributed by atoms with Gasteiger partial charge in [-0.15, -0.1) is 0 Å². The second-order valence-corrected chi connectivity index (χ2v) is 7.74. The molecule has 0 spiro atoms. The number of halogens is 3. The molecule has 0 unspecified atom stereocenters. The minimum Gasteiger partial charge on any atom is -0.267 e. The Morgan fingerprint density at radius 2 is 1.59 bits per heavy atom. The lowest BCUT2D eigenvalue weighted by molar-refractivity contribution is 0.495. The molecule has 3 nitrogen and oxygen atoms in total. The summed E-state index contributed by atoms with van der Waals surface area (Å²) in [6.45, 7) is 0.120. The molecular weight excluding hydrogens is 365 g/mol. The quantitative estimate of drug-likeness (QED) is 0.751. The van der Waals surface area contributed by atoms with Gasteiger partial charge in [0, 0.05) is 11.2 Å². The van der Waals surface area contributed by atoms with E-state index >= 15 is 0 Å². The van der Waals surface area contributed by atoms with Crippen molar-refractivity contribution in [3.63, 3.8) is 0 Å². The first-order valence-electron chi connectivity index (χ1n) is 6.24. The summed E-state index contributed by atoms with van der Waals surface area (Å²) in [6, 6.07) is 15.1. The maximum atomic E-state index is 12.7. The van der Waals surface area contributed by atoms with Crippen molar-refractivity contribution in [2.45, 2.75) is 11.4 Å². The summed E-state index contributed by atoms with van der Waals surface area (Å²) in [4.78, 5) is 0.110. The van der Waals surface area contributed by atoms with Crippen LogP contribution in [0.5, 0.6) is 0 Å². The van der Waals surface area contributed by atoms with Crippen LogP contribution in [-0.4, -0.2) is 12.7 Å². The van der Waals surface area contributed by atoms with Gasteiger partial charge in [-0.2, -0.15) is 0 Å². The van der Waals surface area contributed by atoms with Crippen LogP contribution in [-0.2, 0) is 16.6 Å². The van der Waals surface area contributed by atoms with Crippen molar-refractivity contribution in [1.82, 2.24) is 4.31 Å². The molecule has 2 rings (SSSR count). The van der Waals surface area contributed by atoms with E-state index < -0.39 is 10.0 Å². The molecule has 2 aromatic carbocycles. The highest BCUT2D eigenvalue weighted by Gasteiger charge is 2.22. The van der Waals surface area contributed by atoms with E-state index in [9.17, 15) is 8.42 Å². The van der Waals surface area contributed by atoms with Crippen molar-refractivity contribution in [3.8, 4) is 0 Å². The minimum atomic E-state index is -3.78. The smallest absolute Gasteiger partial charge is 0.264 e. The van der Waals surface area contributed by atoms with Gasteiger partial charge in [0.2, 0.25) is 0 Å². The van der Waals surface area contributed by atoms with Crippen molar-refractivity contribution in [1.29, 1.82) is 0 Å². The highest BCUT2D eigenvalue weighted by molar-refractivity contribution is 7.89. The van der Waals surface area contributed by atoms with Gasteiger partial charge in [-0.3, -0.25) is 4.31 Å². The van der Waals surface area contributed by atoms with Crippen molar-refractivity contribution >= 4 is 44.8 Å². The van der Waals surface area contributed by atoms with Gasteiger partial charge in [0.15, 0.2) is 0 Å². The van der Waals surface area contributed by atoms with Crippen LogP contribution in [0.1, 0.15) is 5.56 Å². The molecule has 22 heavy (non-hydrogen) atoms. The van der Waals surface area contributed by atoms with Crippen molar-refractivity contribution in [3.05, 3.63) is 75.9 Å². The van der Waals surface area contributed by atoms with Gasteiger partial charge in [-0.25, -0.2) is 8.42 Å². The zero-order valence-corrected chi connectivity index (χ0v) is 14.4. The summed E-state index contributed by atoms with van der Waals surface area (Å²) in [5.74, 6) is 0. The number of hydrogen-bond acceptors (Lipinski definition) is 2. The highest BCUT2D eigenvalue weighted by Crippen LogP contribution is 2.23. The average molecular weight is 377 g/mol. The maximum absolute atomic E-state index is 12.7. The lowest BCUT2D eigenvalue weighted by Crippen LogP contribution is -2.25. The van der Waals surface area contributed by atoms with Gasteiger partial charge in [0.05, 0.1) is 11.4 Å². The topological polar surface area (TPSA) is 37.4 Å². The van der Waals surface area contributed by atoms with Crippen LogP contribution < -0.4 is 0 Å². The van der Waals surface area contributed by atoms with Gasteiger partial charge in [0.1, 0.15) is 4.49 Å². The Morgan fingerprint density at radius 3 is 2.14 bits per heavy atom. The SMILES string of the molecule is O=S(=O)(c1ccc(Cl)cc1)N(C=C(Cl)Cl)Cc1ccccc1. The van der Waals surface area contributed by atoms with Crippen LogP contribution in [0.4, 0.5) is 0 Å². The number of rotatable bonds is 5. The van der Waals surface area contributed by atoms with Crippen LogP contribution in [0.2, 0.25) is 5.02 Å². The van der Waals surface area contributed by atoms with Crippen LogP contribution >= 0.6 is 34.8 Å². The molecule has 0 aliphatic carbocycles. The molecule has 0 saturated heterocycles. The Labute approximate surface area is 144 Å². The molecule has 0 aliphatic heterocycles. The number of hydrogen-bond donors (Lipinski definition) is 0. The van der Waals surface area contributed by atoms with E-state index in [1.807, 2.05) is 30.3 Å². The van der Waals surface area contributed by atoms with E-state index in [2.05, 4.69) is 0 Å². The van der Waals surface area contributed by atoms with Crippen LogP contribution in [0.3, 0.4) is 0 Å². The molecule has 7 heteroatoms. The van der Waals surface area contributed by atoms with Crippen molar-refractivity contribution in [2.75, 3.05) is 0 Å². The van der Waals surface area contributed by atoms with Gasteiger partial charge < -0.3 is 0 Å². The normalized spacial score (nSPS) is 11.0. The standard InChI is InChI=1S/C15H12Cl3NO2S/c16-13-6-8-14(9-7-13)22(20,21)19(11-15(17)18)10-12-4-2-1-3-5-12/h1-9,11H,10H2. The Balaban J connectivity index is 2.40. The zero-order valence-electron chi connectivity index (χ0n) is 11.3. The highest BCUT2D eigenvalue weighted by atomic mass is 35.5. The third-order valence-electron chi connectivity index (χ3n) is 2.84. The van der Waals surface area contributed by atoms with Crippen LogP contribution in [0, 0.1) is 0 Å². The van der Waals surface area contributed by atoms with Crippen LogP contribution in [0.25, 0.3) is 0 Å². The summed E-state index contributed by atoms with van der Waals surface area (Å²) >= 11 is 17.1. The third-order valence-corrected chi connectivity index (χ3v) is 5.01. The molecule has 0 fully saturated rings. The molecule has 0 radical (unpaired) electrons. The summed E-state index contributed by atoms with van der Waals surface area (Å²) in [5, 5.41) is 0.458. The number of nitrogens with zero attached hydrogens (tertiary/aromatic N) is 1. The third kappa shape index (κ3) is 4.40. The monoisotopic (exact) mass is 375 g/mol. The summed E-state index contributed by atoms with van der Waals surface area (Å²) in [6.07, 6.45) is 1.18. The molecule has 0 N–H and O–H groups in total. The summed E-state index contributed by atoms with van der Waals surface area (Å²) in [7, 11) is -3.78. The minimum absolute atomic E-state index is 0.110. The van der Waals surface area contributed by atoms with E-state index in [0.29, 0.717) is 5.02 Å². The molecule has 116 valence electrons. The zero-order chi connectivity index (χ0) is 16.2. The first kappa shape index (κ1) is 17.2. The molecule has 0 amide bonds. The van der Waals surface area contributed by atoms with E-state index in [-0.39, 0.29) is 15.9 Å². The van der Waals surface area contributed by atoms with Gasteiger partial charge in [-0.05, 0) is 29.8 Å². The fourth-order valence-corrected chi connectivity index (χ4v) is 3.61. The molecule has 0 saturated carbocycles. The Morgan fingerprint density at radius 1 is 1.00 bits per heavy atom. The first-order valence-corrected chi connectivity index (χ1v) is 8.81. The van der Waals surface area contributed by atoms with E-state index in [4.69, 9.17) is 34.8 Å². The molecule has 0 atom stereocenters. The fourth-order valence-electron chi connectivity index (χ4n) is 1.81. The average Bonchev–Trinajstić information content (AvgIpc) is 2.47. The van der Waals surface area contributed by atoms with E-state index in [1.165, 1.54) is 30.5 Å². The lowest BCUT2D eigenvalue weighted by atomic mass is 10.2. The first-order chi connectivity index (χ1) is 10.4. The van der Waals surface area contributed by atoms with Gasteiger partial charge >= 0.3 is 0 Å². The van der Waals surface area contributed by atoms with Crippen LogP contribution in [0.15, 0.2) is 70.2 Å². The molecule has 0 aliphatic rings. The predicted octanol–water partition coefficient (Wildman–Crippen LogP) is 4.81. The fraction of sp³-hybridized carbons (Fsp3) is 0.0667. The maximum Gasteiger partial charge on any atom is 0.264 e. The van der Waals surface area contributed by atoms with Crippen molar-refractivity contribution in [2.24, 2.45) is 0 Å². The van der Waals surface area contributed by atoms with Crippen molar-refractivity contribution < 1.29 is 8.42 Å². The molecule has 0 aromatic heterocycles. The van der Waals surface area contributed by atoms with E-state index in [1.54, 1.807) is 0 Å². The Hall–Kier alpha value is -1.20. The molecule has 2 aromatic rings. The Kier molecular flexibility index (Phi) is 5.75. The van der Waals surface area contributed by atoms with Gasteiger partial charge in [0.25, 0.3) is 10.0 Å². The molecule has 0 bridgehead atoms. The summed E-state index contributed by atoms with van der Waals surface area (Å²) in [5.41, 5.74) is 0.811. The second kappa shape index (κ2) is 7.38. The number of sulfonamides is 1. The second-order valence-electron chi connectivity index (χ2n) is 4.41. The molecule has 0 heterocycles. The largest absolute Gasteiger partial charge is 0.267 e. The molecular formula is C15H12Cl3NO2S. The predicted molar refractivity (Wildman–Crippen MR) is 90.4 cm³/mol.